The Bertz CT molecular complexity index is 980. The molecule has 1 saturated heterocycles. The van der Waals surface area contributed by atoms with Crippen molar-refractivity contribution in [2.75, 3.05) is 29.9 Å². The second-order valence-electron chi connectivity index (χ2n) is 7.01. The molecule has 1 aromatic carbocycles. The Balaban J connectivity index is 1.45. The highest BCUT2D eigenvalue weighted by Crippen LogP contribution is 2.29. The minimum absolute atomic E-state index is 0.0960. The maximum Gasteiger partial charge on any atom is 0.416 e. The normalized spacial score (nSPS) is 14.6. The Morgan fingerprint density at radius 2 is 1.74 bits per heavy atom. The highest BCUT2D eigenvalue weighted by Gasteiger charge is 2.30. The quantitative estimate of drug-likeness (QED) is 0.718. The van der Waals surface area contributed by atoms with E-state index in [1.807, 2.05) is 11.0 Å². The first-order valence-corrected chi connectivity index (χ1v) is 9.50. The van der Waals surface area contributed by atoms with Gasteiger partial charge in [-0.25, -0.2) is 9.97 Å². The molecule has 0 bridgehead atoms. The number of rotatable bonds is 4. The topological polar surface area (TPSA) is 111 Å². The number of alkyl halides is 3. The van der Waals surface area contributed by atoms with Crippen LogP contribution >= 0.6 is 0 Å². The van der Waals surface area contributed by atoms with E-state index in [1.54, 1.807) is 0 Å². The smallest absolute Gasteiger partial charge is 0.354 e. The van der Waals surface area contributed by atoms with Crippen LogP contribution in [0.4, 0.5) is 24.7 Å². The second-order valence-corrected chi connectivity index (χ2v) is 7.01. The molecule has 0 saturated carbocycles. The first-order valence-electron chi connectivity index (χ1n) is 9.50. The monoisotopic (exact) mass is 432 g/mol. The van der Waals surface area contributed by atoms with Crippen LogP contribution in [0.25, 0.3) is 0 Å². The van der Waals surface area contributed by atoms with Gasteiger partial charge in [0.05, 0.1) is 5.56 Å². The van der Waals surface area contributed by atoms with Gasteiger partial charge in [-0.2, -0.15) is 18.4 Å². The first-order chi connectivity index (χ1) is 14.8. The van der Waals surface area contributed by atoms with Crippen molar-refractivity contribution in [3.05, 3.63) is 47.9 Å². The van der Waals surface area contributed by atoms with E-state index in [1.165, 1.54) is 12.4 Å². The van der Waals surface area contributed by atoms with Gasteiger partial charge in [0.25, 0.3) is 0 Å². The number of hydrogen-bond acceptors (Lipinski definition) is 6. The number of aromatic nitrogens is 2. The summed E-state index contributed by atoms with van der Waals surface area (Å²) in [6.07, 6.45) is -0.0406. The number of piperidine rings is 1. The molecule has 2 N–H and O–H groups in total. The first kappa shape index (κ1) is 22.0. The fraction of sp³-hybridized carbons (Fsp3) is 0.350. The van der Waals surface area contributed by atoms with Crippen LogP contribution in [-0.2, 0) is 15.8 Å². The summed E-state index contributed by atoms with van der Waals surface area (Å²) in [5.41, 5.74) is -0.488. The van der Waals surface area contributed by atoms with Gasteiger partial charge in [0.15, 0.2) is 11.5 Å². The summed E-state index contributed by atoms with van der Waals surface area (Å²) in [4.78, 5) is 34.2. The third-order valence-corrected chi connectivity index (χ3v) is 4.93. The Labute approximate surface area is 176 Å². The predicted molar refractivity (Wildman–Crippen MR) is 105 cm³/mol. The molecule has 1 aliphatic heterocycles. The van der Waals surface area contributed by atoms with Crippen LogP contribution < -0.4 is 15.5 Å². The molecule has 0 atom stereocenters. The van der Waals surface area contributed by atoms with Crippen LogP contribution in [0, 0.1) is 17.2 Å². The molecule has 0 spiro atoms. The Kier molecular flexibility index (Phi) is 6.69. The van der Waals surface area contributed by atoms with Crippen molar-refractivity contribution in [3.63, 3.8) is 0 Å². The van der Waals surface area contributed by atoms with Gasteiger partial charge < -0.3 is 15.5 Å². The van der Waals surface area contributed by atoms with Gasteiger partial charge in [0.2, 0.25) is 0 Å². The van der Waals surface area contributed by atoms with Crippen molar-refractivity contribution in [1.82, 2.24) is 15.3 Å². The molecule has 31 heavy (non-hydrogen) atoms. The number of nitrogens with zero attached hydrogens (tertiary/aromatic N) is 4. The number of hydrogen-bond donors (Lipinski definition) is 2. The van der Waals surface area contributed by atoms with Gasteiger partial charge in [0.1, 0.15) is 6.07 Å². The van der Waals surface area contributed by atoms with E-state index in [0.717, 1.165) is 37.1 Å². The summed E-state index contributed by atoms with van der Waals surface area (Å²) >= 11 is 0. The lowest BCUT2D eigenvalue weighted by Gasteiger charge is -2.32. The molecular weight excluding hydrogens is 413 g/mol. The van der Waals surface area contributed by atoms with Gasteiger partial charge in [-0.15, -0.1) is 0 Å². The number of benzene rings is 1. The molecule has 0 aliphatic carbocycles. The third kappa shape index (κ3) is 5.69. The molecule has 2 heterocycles. The number of anilines is 2. The zero-order chi connectivity index (χ0) is 22.4. The molecular formula is C20H19F3N6O2. The molecule has 0 unspecified atom stereocenters. The lowest BCUT2D eigenvalue weighted by molar-refractivity contribution is -0.137. The highest BCUT2D eigenvalue weighted by molar-refractivity contribution is 6.39. The van der Waals surface area contributed by atoms with Crippen LogP contribution in [0.2, 0.25) is 0 Å². The highest BCUT2D eigenvalue weighted by atomic mass is 19.4. The van der Waals surface area contributed by atoms with Crippen molar-refractivity contribution in [2.45, 2.75) is 19.0 Å². The Morgan fingerprint density at radius 3 is 2.35 bits per heavy atom. The van der Waals surface area contributed by atoms with E-state index in [4.69, 9.17) is 5.26 Å². The van der Waals surface area contributed by atoms with Crippen LogP contribution in [0.15, 0.2) is 36.7 Å². The molecule has 2 aromatic rings. The molecule has 0 radical (unpaired) electrons. The number of carbonyl (C=O) groups excluding carboxylic acids is 2. The minimum Gasteiger partial charge on any atom is -0.354 e. The van der Waals surface area contributed by atoms with Gasteiger partial charge in [-0.3, -0.25) is 9.59 Å². The Morgan fingerprint density at radius 1 is 1.10 bits per heavy atom. The lowest BCUT2D eigenvalue weighted by atomic mass is 9.96. The molecule has 1 aromatic heterocycles. The van der Waals surface area contributed by atoms with Crippen molar-refractivity contribution < 1.29 is 22.8 Å². The summed E-state index contributed by atoms with van der Waals surface area (Å²) in [7, 11) is 0. The fourth-order valence-electron chi connectivity index (χ4n) is 3.24. The van der Waals surface area contributed by atoms with E-state index in [2.05, 4.69) is 20.6 Å². The third-order valence-electron chi connectivity index (χ3n) is 4.93. The standard InChI is InChI=1S/C20H19F3N6O2/c21-20(22,23)14-1-3-15(4-2-14)28-19(31)18(30)27-12-13-5-9-29(10-6-13)17-16(11-24)25-7-8-26-17/h1-4,7-8,13H,5-6,9-10,12H2,(H,27,30)(H,28,31). The van der Waals surface area contributed by atoms with E-state index in [0.29, 0.717) is 25.5 Å². The van der Waals surface area contributed by atoms with E-state index in [-0.39, 0.29) is 17.3 Å². The summed E-state index contributed by atoms with van der Waals surface area (Å²) in [6, 6.07) is 5.85. The number of nitrogens with one attached hydrogen (secondary N) is 2. The minimum atomic E-state index is -4.47. The average molecular weight is 432 g/mol. The van der Waals surface area contributed by atoms with Crippen molar-refractivity contribution in [1.29, 1.82) is 5.26 Å². The van der Waals surface area contributed by atoms with E-state index in [9.17, 15) is 22.8 Å². The van der Waals surface area contributed by atoms with Crippen LogP contribution in [0.5, 0.6) is 0 Å². The van der Waals surface area contributed by atoms with Gasteiger partial charge in [-0.05, 0) is 43.0 Å². The number of halogens is 3. The van der Waals surface area contributed by atoms with E-state index < -0.39 is 23.6 Å². The zero-order valence-electron chi connectivity index (χ0n) is 16.3. The lowest BCUT2D eigenvalue weighted by Crippen LogP contribution is -2.42. The molecule has 2 amide bonds. The predicted octanol–water partition coefficient (Wildman–Crippen LogP) is 2.34. The molecule has 1 aliphatic rings. The summed E-state index contributed by atoms with van der Waals surface area (Å²) in [5, 5.41) is 14.0. The number of carbonyl (C=O) groups is 2. The van der Waals surface area contributed by atoms with Crippen molar-refractivity contribution >= 4 is 23.3 Å². The van der Waals surface area contributed by atoms with Crippen LogP contribution in [-0.4, -0.2) is 41.4 Å². The molecule has 3 rings (SSSR count). The molecule has 162 valence electrons. The van der Waals surface area contributed by atoms with Gasteiger partial charge in [-0.1, -0.05) is 0 Å². The number of nitriles is 1. The molecule has 1 fully saturated rings. The Hall–Kier alpha value is -3.68. The van der Waals surface area contributed by atoms with Crippen molar-refractivity contribution in [3.8, 4) is 6.07 Å². The summed E-state index contributed by atoms with van der Waals surface area (Å²) < 4.78 is 37.7. The maximum atomic E-state index is 12.6. The van der Waals surface area contributed by atoms with Crippen LogP contribution in [0.3, 0.4) is 0 Å². The number of amides is 2. The van der Waals surface area contributed by atoms with E-state index >= 15 is 0 Å². The van der Waals surface area contributed by atoms with Crippen LogP contribution in [0.1, 0.15) is 24.1 Å². The largest absolute Gasteiger partial charge is 0.416 e. The fourth-order valence-corrected chi connectivity index (χ4v) is 3.24. The van der Waals surface area contributed by atoms with Crippen molar-refractivity contribution in [2.24, 2.45) is 5.92 Å². The zero-order valence-corrected chi connectivity index (χ0v) is 16.3. The summed E-state index contributed by atoms with van der Waals surface area (Å²) in [6.45, 7) is 1.55. The second kappa shape index (κ2) is 9.42. The molecule has 11 heteroatoms. The SMILES string of the molecule is N#Cc1nccnc1N1CCC(CNC(=O)C(=O)Nc2ccc(C(F)(F)F)cc2)CC1. The average Bonchev–Trinajstić information content (AvgIpc) is 2.77. The van der Waals surface area contributed by atoms with Gasteiger partial charge in [0, 0.05) is 37.7 Å². The van der Waals surface area contributed by atoms with Gasteiger partial charge >= 0.3 is 18.0 Å². The maximum absolute atomic E-state index is 12.6. The summed E-state index contributed by atoms with van der Waals surface area (Å²) in [5.74, 6) is -1.14. The molecule has 8 nitrogen and oxygen atoms in total.